The van der Waals surface area contributed by atoms with Gasteiger partial charge in [-0.3, -0.25) is 4.79 Å². The van der Waals surface area contributed by atoms with Crippen LogP contribution in [0.4, 0.5) is 0 Å². The van der Waals surface area contributed by atoms with E-state index in [2.05, 4.69) is 0 Å². The van der Waals surface area contributed by atoms with Gasteiger partial charge >= 0.3 is 0 Å². The van der Waals surface area contributed by atoms with Crippen molar-refractivity contribution in [1.29, 1.82) is 0 Å². The monoisotopic (exact) mass is 407 g/mol. The summed E-state index contributed by atoms with van der Waals surface area (Å²) in [6, 6.07) is 8.14. The molecule has 3 aromatic rings. The summed E-state index contributed by atoms with van der Waals surface area (Å²) in [4.78, 5) is 15.6. The van der Waals surface area contributed by atoms with Gasteiger partial charge in [0, 0.05) is 12.6 Å². The van der Waals surface area contributed by atoms with E-state index in [-0.39, 0.29) is 11.9 Å². The maximum atomic E-state index is 13.6. The summed E-state index contributed by atoms with van der Waals surface area (Å²) in [5.74, 6) is 2.67. The van der Waals surface area contributed by atoms with Crippen LogP contribution < -0.4 is 18.9 Å². The zero-order valence-electron chi connectivity index (χ0n) is 17.7. The van der Waals surface area contributed by atoms with Crippen LogP contribution in [0.15, 0.2) is 24.3 Å². The van der Waals surface area contributed by atoms with Crippen LogP contribution in [-0.2, 0) is 6.42 Å². The fourth-order valence-electron chi connectivity index (χ4n) is 5.11. The highest BCUT2D eigenvalue weighted by Crippen LogP contribution is 2.46. The number of carbonyl (C=O) groups excluding carboxylic acids is 1. The van der Waals surface area contributed by atoms with Crippen LogP contribution in [0.5, 0.6) is 23.0 Å². The lowest BCUT2D eigenvalue weighted by atomic mass is 9.84. The molecular formula is C24H25NO5. The average molecular weight is 407 g/mol. The standard InChI is InChI=1S/C24H25NO5/c1-27-19-9-14-15(10-20(19)28-2)17-8-13-6-5-7-25(13)24(26)23(17)18-12-22(30-4)21(29-3)11-16(14)18/h9-13H,5-8H2,1-4H3/t13-/m0/s1. The number of methoxy groups -OCH3 is 4. The van der Waals surface area contributed by atoms with Crippen LogP contribution in [0, 0.1) is 0 Å². The van der Waals surface area contributed by atoms with Gasteiger partial charge in [0.25, 0.3) is 5.91 Å². The number of carbonyl (C=O) groups is 1. The number of ether oxygens (including phenoxy) is 4. The minimum atomic E-state index is 0.104. The van der Waals surface area contributed by atoms with E-state index in [1.807, 2.05) is 29.2 Å². The Morgan fingerprint density at radius 3 is 1.83 bits per heavy atom. The van der Waals surface area contributed by atoms with Crippen molar-refractivity contribution in [2.75, 3.05) is 35.0 Å². The average Bonchev–Trinajstić information content (AvgIpc) is 3.26. The van der Waals surface area contributed by atoms with Crippen LogP contribution in [0.2, 0.25) is 0 Å². The molecule has 0 radical (unpaired) electrons. The minimum absolute atomic E-state index is 0.104. The molecule has 6 nitrogen and oxygen atoms in total. The van der Waals surface area contributed by atoms with Crippen molar-refractivity contribution in [2.24, 2.45) is 0 Å². The molecule has 0 N–H and O–H groups in total. The fraction of sp³-hybridized carbons (Fsp3) is 0.375. The molecule has 1 atom stereocenters. The smallest absolute Gasteiger partial charge is 0.255 e. The molecule has 2 aliphatic rings. The molecule has 0 aliphatic carbocycles. The van der Waals surface area contributed by atoms with E-state index in [9.17, 15) is 4.79 Å². The number of benzene rings is 3. The zero-order valence-corrected chi connectivity index (χ0v) is 17.7. The van der Waals surface area contributed by atoms with E-state index in [0.717, 1.165) is 58.5 Å². The molecule has 1 amide bonds. The molecule has 0 spiro atoms. The predicted octanol–water partition coefficient (Wildman–Crippen LogP) is 4.19. The molecule has 3 aromatic carbocycles. The van der Waals surface area contributed by atoms with E-state index in [0.29, 0.717) is 23.0 Å². The van der Waals surface area contributed by atoms with Crippen molar-refractivity contribution in [3.63, 3.8) is 0 Å². The Morgan fingerprint density at radius 1 is 0.767 bits per heavy atom. The highest BCUT2D eigenvalue weighted by Gasteiger charge is 2.38. The molecule has 5 rings (SSSR count). The third-order valence-corrected chi connectivity index (χ3v) is 6.53. The van der Waals surface area contributed by atoms with Gasteiger partial charge in [-0.15, -0.1) is 0 Å². The molecule has 30 heavy (non-hydrogen) atoms. The second kappa shape index (κ2) is 6.97. The normalized spacial score (nSPS) is 17.8. The van der Waals surface area contributed by atoms with Gasteiger partial charge in [0.1, 0.15) is 0 Å². The number of nitrogens with zero attached hydrogens (tertiary/aromatic N) is 1. The molecule has 6 heteroatoms. The topological polar surface area (TPSA) is 57.2 Å². The number of rotatable bonds is 4. The third kappa shape index (κ3) is 2.52. The molecule has 0 saturated carbocycles. The number of hydrogen-bond acceptors (Lipinski definition) is 5. The molecule has 1 saturated heterocycles. The molecule has 156 valence electrons. The van der Waals surface area contributed by atoms with E-state index in [1.165, 1.54) is 0 Å². The first-order valence-corrected chi connectivity index (χ1v) is 10.2. The van der Waals surface area contributed by atoms with Gasteiger partial charge in [0.2, 0.25) is 0 Å². The van der Waals surface area contributed by atoms with Crippen molar-refractivity contribution in [2.45, 2.75) is 25.3 Å². The lowest BCUT2D eigenvalue weighted by Crippen LogP contribution is -2.41. The van der Waals surface area contributed by atoms with Gasteiger partial charge in [-0.25, -0.2) is 0 Å². The summed E-state index contributed by atoms with van der Waals surface area (Å²) in [6.45, 7) is 0.821. The first-order valence-electron chi connectivity index (χ1n) is 10.2. The predicted molar refractivity (Wildman–Crippen MR) is 115 cm³/mol. The SMILES string of the molecule is COc1cc2c3c(c4cc(OC)c(OC)cc4c2cc1OC)C(=O)N1CCC[C@H]1C3. The second-order valence-corrected chi connectivity index (χ2v) is 7.86. The Morgan fingerprint density at radius 2 is 1.27 bits per heavy atom. The molecular weight excluding hydrogens is 382 g/mol. The lowest BCUT2D eigenvalue weighted by molar-refractivity contribution is 0.0717. The summed E-state index contributed by atoms with van der Waals surface area (Å²) in [5.41, 5.74) is 1.85. The summed E-state index contributed by atoms with van der Waals surface area (Å²) >= 11 is 0. The number of fused-ring (bicyclic) bond motifs is 7. The van der Waals surface area contributed by atoms with Crippen molar-refractivity contribution >= 4 is 27.5 Å². The van der Waals surface area contributed by atoms with E-state index < -0.39 is 0 Å². The third-order valence-electron chi connectivity index (χ3n) is 6.53. The largest absolute Gasteiger partial charge is 0.493 e. The number of amides is 1. The summed E-state index contributed by atoms with van der Waals surface area (Å²) in [7, 11) is 6.50. The van der Waals surface area contributed by atoms with Crippen LogP contribution in [-0.4, -0.2) is 51.8 Å². The van der Waals surface area contributed by atoms with Gasteiger partial charge in [-0.1, -0.05) is 0 Å². The van der Waals surface area contributed by atoms with Crippen LogP contribution in [0.1, 0.15) is 28.8 Å². The van der Waals surface area contributed by atoms with Crippen LogP contribution >= 0.6 is 0 Å². The Bertz CT molecular complexity index is 1190. The molecule has 2 heterocycles. The molecule has 0 bridgehead atoms. The summed E-state index contributed by atoms with van der Waals surface area (Å²) in [5, 5.41) is 3.87. The van der Waals surface area contributed by atoms with Crippen molar-refractivity contribution in [3.05, 3.63) is 35.4 Å². The minimum Gasteiger partial charge on any atom is -0.493 e. The molecule has 0 aromatic heterocycles. The highest BCUT2D eigenvalue weighted by molar-refractivity contribution is 6.20. The van der Waals surface area contributed by atoms with Gasteiger partial charge in [0.05, 0.1) is 34.0 Å². The fourth-order valence-corrected chi connectivity index (χ4v) is 5.11. The second-order valence-electron chi connectivity index (χ2n) is 7.86. The summed E-state index contributed by atoms with van der Waals surface area (Å²) in [6.07, 6.45) is 2.94. The Kier molecular flexibility index (Phi) is 4.38. The maximum Gasteiger partial charge on any atom is 0.255 e. The quantitative estimate of drug-likeness (QED) is 0.607. The molecule has 0 unspecified atom stereocenters. The van der Waals surface area contributed by atoms with Crippen molar-refractivity contribution < 1.29 is 23.7 Å². The van der Waals surface area contributed by atoms with Crippen molar-refractivity contribution in [1.82, 2.24) is 4.90 Å². The maximum absolute atomic E-state index is 13.6. The van der Waals surface area contributed by atoms with Gasteiger partial charge < -0.3 is 23.8 Å². The molecule has 2 aliphatic heterocycles. The first kappa shape index (κ1) is 18.9. The van der Waals surface area contributed by atoms with Crippen LogP contribution in [0.3, 0.4) is 0 Å². The lowest BCUT2D eigenvalue weighted by Gasteiger charge is -2.33. The van der Waals surface area contributed by atoms with E-state index in [1.54, 1.807) is 28.4 Å². The van der Waals surface area contributed by atoms with Gasteiger partial charge in [0.15, 0.2) is 23.0 Å². The highest BCUT2D eigenvalue weighted by atomic mass is 16.5. The Balaban J connectivity index is 1.95. The number of hydrogen-bond donors (Lipinski definition) is 0. The van der Waals surface area contributed by atoms with Crippen molar-refractivity contribution in [3.8, 4) is 23.0 Å². The Labute approximate surface area is 175 Å². The summed E-state index contributed by atoms with van der Waals surface area (Å²) < 4.78 is 22.3. The van der Waals surface area contributed by atoms with Crippen LogP contribution in [0.25, 0.3) is 21.5 Å². The molecule has 1 fully saturated rings. The van der Waals surface area contributed by atoms with E-state index >= 15 is 0 Å². The Hall–Kier alpha value is -3.15. The van der Waals surface area contributed by atoms with Gasteiger partial charge in [-0.2, -0.15) is 0 Å². The van der Waals surface area contributed by atoms with Gasteiger partial charge in [-0.05, 0) is 70.6 Å². The zero-order chi connectivity index (χ0) is 21.0. The first-order chi connectivity index (χ1) is 14.6. The van der Waals surface area contributed by atoms with E-state index in [4.69, 9.17) is 18.9 Å².